The molecule has 3 atom stereocenters. The fraction of sp³-hybridized carbons (Fsp3) is 0.300. The second-order valence-corrected chi connectivity index (χ2v) is 9.21. The molecule has 2 N–H and O–H groups in total. The van der Waals surface area contributed by atoms with Crippen molar-refractivity contribution < 1.29 is 9.53 Å². The number of para-hydroxylation sites is 2. The van der Waals surface area contributed by atoms with Gasteiger partial charge in [0.2, 0.25) is 0 Å². The SMILES string of the molecule is CCN(CC)c1ccc([C@H]2C=C3Nc4ccccc4N[C@@H](c4ccc(OC)cc4)[C@@H]3C(=O)C2)cc1. The van der Waals surface area contributed by atoms with Crippen LogP contribution < -0.4 is 20.3 Å². The Hall–Kier alpha value is -3.73. The van der Waals surface area contributed by atoms with Gasteiger partial charge in [-0.3, -0.25) is 4.79 Å². The van der Waals surface area contributed by atoms with Gasteiger partial charge >= 0.3 is 0 Å². The maximum absolute atomic E-state index is 13.7. The van der Waals surface area contributed by atoms with E-state index in [0.717, 1.165) is 41.5 Å². The van der Waals surface area contributed by atoms with Crippen molar-refractivity contribution in [2.24, 2.45) is 5.92 Å². The molecule has 2 aliphatic rings. The van der Waals surface area contributed by atoms with Crippen molar-refractivity contribution in [3.63, 3.8) is 0 Å². The molecule has 3 aromatic rings. The maximum atomic E-state index is 13.7. The van der Waals surface area contributed by atoms with Crippen molar-refractivity contribution in [3.8, 4) is 5.75 Å². The number of rotatable bonds is 6. The normalized spacial score (nSPS) is 20.9. The number of ether oxygens (including phenoxy) is 1. The number of allylic oxidation sites excluding steroid dienone is 1. The third-order valence-corrected chi connectivity index (χ3v) is 7.26. The summed E-state index contributed by atoms with van der Waals surface area (Å²) in [5.41, 5.74) is 6.42. The first-order chi connectivity index (χ1) is 17.1. The molecule has 0 amide bonds. The number of carbonyl (C=O) groups is 1. The molecule has 5 nitrogen and oxygen atoms in total. The molecule has 0 saturated heterocycles. The summed E-state index contributed by atoms with van der Waals surface area (Å²) >= 11 is 0. The summed E-state index contributed by atoms with van der Waals surface area (Å²) in [5.74, 6) is 0.810. The highest BCUT2D eigenvalue weighted by Crippen LogP contribution is 2.44. The van der Waals surface area contributed by atoms with Gasteiger partial charge in [0.1, 0.15) is 11.5 Å². The zero-order valence-electron chi connectivity index (χ0n) is 20.6. The Balaban J connectivity index is 1.52. The summed E-state index contributed by atoms with van der Waals surface area (Å²) < 4.78 is 5.35. The van der Waals surface area contributed by atoms with E-state index >= 15 is 0 Å². The highest BCUT2D eigenvalue weighted by Gasteiger charge is 2.39. The summed E-state index contributed by atoms with van der Waals surface area (Å²) in [7, 11) is 1.67. The van der Waals surface area contributed by atoms with E-state index in [0.29, 0.717) is 6.42 Å². The smallest absolute Gasteiger partial charge is 0.145 e. The zero-order chi connectivity index (χ0) is 24.4. The standard InChI is InChI=1S/C30H33N3O2/c1-4-33(5-2)23-14-10-20(11-15-23)22-18-27-29(28(34)19-22)30(21-12-16-24(35-3)17-13-21)32-26-9-7-6-8-25(26)31-27/h6-18,22,29-32H,4-5,19H2,1-3H3/t22-,29-,30-/m0/s1. The van der Waals surface area contributed by atoms with E-state index in [1.54, 1.807) is 7.11 Å². The number of hydrogen-bond donors (Lipinski definition) is 2. The van der Waals surface area contributed by atoms with Crippen molar-refractivity contribution in [1.82, 2.24) is 0 Å². The Bertz CT molecular complexity index is 1210. The first-order valence-corrected chi connectivity index (χ1v) is 12.5. The first-order valence-electron chi connectivity index (χ1n) is 12.5. The average Bonchev–Trinajstić information content (AvgIpc) is 3.07. The minimum atomic E-state index is -0.290. The third-order valence-electron chi connectivity index (χ3n) is 7.26. The molecule has 0 saturated carbocycles. The average molecular weight is 468 g/mol. The molecule has 180 valence electrons. The molecule has 0 aromatic heterocycles. The van der Waals surface area contributed by atoms with Crippen molar-refractivity contribution in [2.45, 2.75) is 32.2 Å². The molecule has 1 aliphatic heterocycles. The van der Waals surface area contributed by atoms with Gasteiger partial charge in [-0.15, -0.1) is 0 Å². The number of methoxy groups -OCH3 is 1. The minimum absolute atomic E-state index is 0.0498. The van der Waals surface area contributed by atoms with E-state index in [2.05, 4.69) is 71.9 Å². The molecule has 1 aliphatic carbocycles. The molecule has 0 spiro atoms. The Morgan fingerprint density at radius 1 is 0.886 bits per heavy atom. The topological polar surface area (TPSA) is 53.6 Å². The molecule has 1 heterocycles. The Morgan fingerprint density at radius 3 is 2.20 bits per heavy atom. The highest BCUT2D eigenvalue weighted by atomic mass is 16.5. The minimum Gasteiger partial charge on any atom is -0.497 e. The summed E-state index contributed by atoms with van der Waals surface area (Å²) in [4.78, 5) is 16.1. The van der Waals surface area contributed by atoms with Gasteiger partial charge < -0.3 is 20.3 Å². The number of carbonyl (C=O) groups excluding carboxylic acids is 1. The van der Waals surface area contributed by atoms with Crippen LogP contribution in [0.3, 0.4) is 0 Å². The summed E-state index contributed by atoms with van der Waals surface area (Å²) in [5, 5.41) is 7.27. The third kappa shape index (κ3) is 4.51. The summed E-state index contributed by atoms with van der Waals surface area (Å²) in [6.07, 6.45) is 2.75. The van der Waals surface area contributed by atoms with Gasteiger partial charge in [0.05, 0.1) is 30.4 Å². The lowest BCUT2D eigenvalue weighted by Crippen LogP contribution is -2.33. The van der Waals surface area contributed by atoms with Crippen molar-refractivity contribution >= 4 is 22.8 Å². The largest absolute Gasteiger partial charge is 0.497 e. The number of hydrogen-bond acceptors (Lipinski definition) is 5. The maximum Gasteiger partial charge on any atom is 0.145 e. The number of benzene rings is 3. The molecule has 0 radical (unpaired) electrons. The van der Waals surface area contributed by atoms with Gasteiger partial charge in [0.25, 0.3) is 0 Å². The second kappa shape index (κ2) is 9.87. The number of fused-ring (bicyclic) bond motifs is 2. The van der Waals surface area contributed by atoms with Crippen molar-refractivity contribution in [3.05, 3.63) is 95.7 Å². The highest BCUT2D eigenvalue weighted by molar-refractivity contribution is 5.90. The fourth-order valence-electron chi connectivity index (χ4n) is 5.33. The predicted octanol–water partition coefficient (Wildman–Crippen LogP) is 6.38. The molecule has 0 bridgehead atoms. The lowest BCUT2D eigenvalue weighted by molar-refractivity contribution is -0.122. The van der Waals surface area contributed by atoms with Crippen molar-refractivity contribution in [2.75, 3.05) is 35.7 Å². The first kappa shape index (κ1) is 23.0. The monoisotopic (exact) mass is 467 g/mol. The van der Waals surface area contributed by atoms with E-state index in [1.165, 1.54) is 11.3 Å². The van der Waals surface area contributed by atoms with Crippen LogP contribution in [0.25, 0.3) is 0 Å². The Morgan fingerprint density at radius 2 is 1.54 bits per heavy atom. The molecular weight excluding hydrogens is 434 g/mol. The van der Waals surface area contributed by atoms with E-state index in [-0.39, 0.29) is 23.7 Å². The van der Waals surface area contributed by atoms with E-state index in [1.807, 2.05) is 36.4 Å². The molecule has 5 heteroatoms. The summed E-state index contributed by atoms with van der Waals surface area (Å²) in [6.45, 7) is 6.30. The molecule has 0 unspecified atom stereocenters. The van der Waals surface area contributed by atoms with Crippen molar-refractivity contribution in [1.29, 1.82) is 0 Å². The zero-order valence-corrected chi connectivity index (χ0v) is 20.6. The van der Waals surface area contributed by atoms with Crippen LogP contribution in [0.2, 0.25) is 0 Å². The number of ketones is 1. The van der Waals surface area contributed by atoms with Crippen LogP contribution in [0.4, 0.5) is 17.1 Å². The number of nitrogens with one attached hydrogen (secondary N) is 2. The van der Waals surface area contributed by atoms with Gasteiger partial charge in [-0.2, -0.15) is 0 Å². The van der Waals surface area contributed by atoms with E-state index < -0.39 is 0 Å². The van der Waals surface area contributed by atoms with Gasteiger partial charge in [0.15, 0.2) is 0 Å². The van der Waals surface area contributed by atoms with Crippen LogP contribution >= 0.6 is 0 Å². The molecule has 3 aromatic carbocycles. The second-order valence-electron chi connectivity index (χ2n) is 9.21. The Kier molecular flexibility index (Phi) is 6.49. The Labute approximate surface area is 207 Å². The van der Waals surface area contributed by atoms with Crippen LogP contribution in [0.1, 0.15) is 43.4 Å². The fourth-order valence-corrected chi connectivity index (χ4v) is 5.33. The van der Waals surface area contributed by atoms with Crippen LogP contribution in [-0.2, 0) is 4.79 Å². The number of Topliss-reactive ketones (excluding diaryl/α,β-unsaturated/α-hetero) is 1. The molecule has 5 rings (SSSR count). The van der Waals surface area contributed by atoms with Crippen LogP contribution in [-0.4, -0.2) is 26.0 Å². The lowest BCUT2D eigenvalue weighted by atomic mass is 9.76. The number of anilines is 3. The van der Waals surface area contributed by atoms with Gasteiger partial charge in [-0.05, 0) is 61.4 Å². The quantitative estimate of drug-likeness (QED) is 0.441. The molecule has 0 fully saturated rings. The number of nitrogens with zero attached hydrogens (tertiary/aromatic N) is 1. The van der Waals surface area contributed by atoms with Crippen LogP contribution in [0.5, 0.6) is 5.75 Å². The van der Waals surface area contributed by atoms with E-state index in [4.69, 9.17) is 4.74 Å². The lowest BCUT2D eigenvalue weighted by Gasteiger charge is -2.32. The molecule has 35 heavy (non-hydrogen) atoms. The van der Waals surface area contributed by atoms with Gasteiger partial charge in [-0.1, -0.05) is 42.5 Å². The van der Waals surface area contributed by atoms with E-state index in [9.17, 15) is 4.79 Å². The molecular formula is C30H33N3O2. The van der Waals surface area contributed by atoms with Gasteiger partial charge in [-0.25, -0.2) is 0 Å². The van der Waals surface area contributed by atoms with Gasteiger partial charge in [0, 0.05) is 36.8 Å². The van der Waals surface area contributed by atoms with Crippen LogP contribution in [0.15, 0.2) is 84.6 Å². The predicted molar refractivity (Wildman–Crippen MR) is 143 cm³/mol. The van der Waals surface area contributed by atoms with Crippen LogP contribution in [0, 0.1) is 5.92 Å². The summed E-state index contributed by atoms with van der Waals surface area (Å²) in [6, 6.07) is 24.7.